The Labute approximate surface area is 108 Å². The average molecular weight is 270 g/mol. The minimum Gasteiger partial charge on any atom is -0.480 e. The third kappa shape index (κ3) is 4.14. The first-order chi connectivity index (χ1) is 8.12. The summed E-state index contributed by atoms with van der Waals surface area (Å²) < 4.78 is 23.4. The van der Waals surface area contributed by atoms with E-state index in [-0.39, 0.29) is 11.2 Å². The molecule has 0 aliphatic carbocycles. The molecule has 0 aromatic heterocycles. The van der Waals surface area contributed by atoms with Crippen molar-refractivity contribution >= 4 is 15.8 Å². The lowest BCUT2D eigenvalue weighted by atomic mass is 9.84. The lowest BCUT2D eigenvalue weighted by Crippen LogP contribution is -2.20. The molecule has 1 aromatic carbocycles. The molecule has 18 heavy (non-hydrogen) atoms. The van der Waals surface area contributed by atoms with Gasteiger partial charge in [0.15, 0.2) is 9.84 Å². The van der Waals surface area contributed by atoms with Crippen LogP contribution in [0.5, 0.6) is 0 Å². The summed E-state index contributed by atoms with van der Waals surface area (Å²) in [5, 5.41) is 8.58. The molecule has 1 aromatic rings. The maximum absolute atomic E-state index is 11.7. The molecule has 0 fully saturated rings. The SMILES string of the molecule is CC(C)(C)c1ccccc1CS(=O)(=O)CC(=O)O. The van der Waals surface area contributed by atoms with Gasteiger partial charge in [-0.3, -0.25) is 4.79 Å². The Morgan fingerprint density at radius 3 is 2.28 bits per heavy atom. The van der Waals surface area contributed by atoms with Crippen LogP contribution in [0.2, 0.25) is 0 Å². The zero-order chi connectivity index (χ0) is 14.0. The van der Waals surface area contributed by atoms with Crippen LogP contribution in [0.3, 0.4) is 0 Å². The molecule has 100 valence electrons. The van der Waals surface area contributed by atoms with Crippen LogP contribution in [0.4, 0.5) is 0 Å². The average Bonchev–Trinajstić information content (AvgIpc) is 2.13. The van der Waals surface area contributed by atoms with Gasteiger partial charge in [-0.2, -0.15) is 0 Å². The molecule has 0 aliphatic heterocycles. The van der Waals surface area contributed by atoms with Gasteiger partial charge >= 0.3 is 5.97 Å². The van der Waals surface area contributed by atoms with Crippen LogP contribution in [0.15, 0.2) is 24.3 Å². The molecule has 0 saturated heterocycles. The minimum absolute atomic E-state index is 0.171. The third-order valence-electron chi connectivity index (χ3n) is 2.54. The molecule has 0 amide bonds. The van der Waals surface area contributed by atoms with Crippen LogP contribution in [0.25, 0.3) is 0 Å². The van der Waals surface area contributed by atoms with Gasteiger partial charge in [0.2, 0.25) is 0 Å². The van der Waals surface area contributed by atoms with Crippen molar-refractivity contribution in [3.05, 3.63) is 35.4 Å². The van der Waals surface area contributed by atoms with Gasteiger partial charge in [-0.15, -0.1) is 0 Å². The Kier molecular flexibility index (Phi) is 4.16. The Balaban J connectivity index is 3.09. The number of carboxylic acids is 1. The van der Waals surface area contributed by atoms with Gasteiger partial charge in [0.1, 0.15) is 5.75 Å². The number of benzene rings is 1. The molecular formula is C13H18O4S. The summed E-state index contributed by atoms with van der Waals surface area (Å²) in [5.74, 6) is -2.37. The predicted molar refractivity (Wildman–Crippen MR) is 70.3 cm³/mol. The van der Waals surface area contributed by atoms with Crippen molar-refractivity contribution in [3.63, 3.8) is 0 Å². The summed E-state index contributed by atoms with van der Waals surface area (Å²) in [6, 6.07) is 7.24. The molecule has 0 atom stereocenters. The number of carbonyl (C=O) groups is 1. The lowest BCUT2D eigenvalue weighted by Gasteiger charge is -2.22. The lowest BCUT2D eigenvalue weighted by molar-refractivity contribution is -0.134. The van der Waals surface area contributed by atoms with Crippen LogP contribution in [0.1, 0.15) is 31.9 Å². The summed E-state index contributed by atoms with van der Waals surface area (Å²) in [5.41, 5.74) is 1.43. The minimum atomic E-state index is -3.62. The van der Waals surface area contributed by atoms with Gasteiger partial charge in [-0.05, 0) is 16.5 Å². The Morgan fingerprint density at radius 1 is 1.22 bits per heavy atom. The van der Waals surface area contributed by atoms with Gasteiger partial charge in [0, 0.05) is 0 Å². The van der Waals surface area contributed by atoms with Crippen molar-refractivity contribution in [1.82, 2.24) is 0 Å². The number of aliphatic carboxylic acids is 1. The van der Waals surface area contributed by atoms with Crippen LogP contribution >= 0.6 is 0 Å². The quantitative estimate of drug-likeness (QED) is 0.908. The van der Waals surface area contributed by atoms with Crippen LogP contribution in [0, 0.1) is 0 Å². The Bertz CT molecular complexity index is 538. The number of rotatable bonds is 4. The number of hydrogen-bond donors (Lipinski definition) is 1. The molecule has 5 heteroatoms. The van der Waals surface area contributed by atoms with Crippen molar-refractivity contribution < 1.29 is 18.3 Å². The molecule has 1 rings (SSSR count). The monoisotopic (exact) mass is 270 g/mol. The van der Waals surface area contributed by atoms with E-state index >= 15 is 0 Å². The van der Waals surface area contributed by atoms with Gasteiger partial charge in [0.25, 0.3) is 0 Å². The van der Waals surface area contributed by atoms with E-state index in [2.05, 4.69) is 0 Å². The third-order valence-corrected chi connectivity index (χ3v) is 3.98. The van der Waals surface area contributed by atoms with E-state index < -0.39 is 21.6 Å². The second-order valence-electron chi connectivity index (χ2n) is 5.33. The summed E-state index contributed by atoms with van der Waals surface area (Å²) in [6.45, 7) is 5.99. The molecule has 1 N–H and O–H groups in total. The summed E-state index contributed by atoms with van der Waals surface area (Å²) >= 11 is 0. The second-order valence-corrected chi connectivity index (χ2v) is 7.40. The topological polar surface area (TPSA) is 71.4 Å². The largest absolute Gasteiger partial charge is 0.480 e. The van der Waals surface area contributed by atoms with Gasteiger partial charge in [-0.1, -0.05) is 45.0 Å². The fourth-order valence-corrected chi connectivity index (χ4v) is 3.06. The Hall–Kier alpha value is -1.36. The van der Waals surface area contributed by atoms with E-state index in [1.54, 1.807) is 12.1 Å². The fraction of sp³-hybridized carbons (Fsp3) is 0.462. The van der Waals surface area contributed by atoms with Gasteiger partial charge in [-0.25, -0.2) is 8.42 Å². The Morgan fingerprint density at radius 2 is 1.78 bits per heavy atom. The summed E-state index contributed by atoms with van der Waals surface area (Å²) in [4.78, 5) is 10.5. The van der Waals surface area contributed by atoms with E-state index in [1.807, 2.05) is 32.9 Å². The van der Waals surface area contributed by atoms with Gasteiger partial charge in [0.05, 0.1) is 5.75 Å². The normalized spacial score (nSPS) is 12.4. The van der Waals surface area contributed by atoms with Crippen molar-refractivity contribution in [2.75, 3.05) is 5.75 Å². The van der Waals surface area contributed by atoms with E-state index in [4.69, 9.17) is 5.11 Å². The van der Waals surface area contributed by atoms with Crippen molar-refractivity contribution in [2.24, 2.45) is 0 Å². The molecular weight excluding hydrogens is 252 g/mol. The van der Waals surface area contributed by atoms with Crippen molar-refractivity contribution in [1.29, 1.82) is 0 Å². The van der Waals surface area contributed by atoms with Gasteiger partial charge < -0.3 is 5.11 Å². The number of hydrogen-bond acceptors (Lipinski definition) is 3. The van der Waals surface area contributed by atoms with Crippen molar-refractivity contribution in [2.45, 2.75) is 31.9 Å². The highest BCUT2D eigenvalue weighted by molar-refractivity contribution is 7.91. The highest BCUT2D eigenvalue weighted by Crippen LogP contribution is 2.26. The first kappa shape index (κ1) is 14.7. The first-order valence-electron chi connectivity index (χ1n) is 5.62. The van der Waals surface area contributed by atoms with Crippen molar-refractivity contribution in [3.8, 4) is 0 Å². The van der Waals surface area contributed by atoms with E-state index in [1.165, 1.54) is 0 Å². The summed E-state index contributed by atoms with van der Waals surface area (Å²) in [6.07, 6.45) is 0. The van der Waals surface area contributed by atoms with E-state index in [0.717, 1.165) is 5.56 Å². The number of carboxylic acid groups (broad SMARTS) is 1. The smallest absolute Gasteiger partial charge is 0.318 e. The molecule has 0 bridgehead atoms. The fourth-order valence-electron chi connectivity index (χ4n) is 1.85. The number of sulfone groups is 1. The molecule has 0 spiro atoms. The maximum Gasteiger partial charge on any atom is 0.318 e. The molecule has 0 unspecified atom stereocenters. The van der Waals surface area contributed by atoms with Crippen LogP contribution < -0.4 is 0 Å². The highest BCUT2D eigenvalue weighted by Gasteiger charge is 2.22. The maximum atomic E-state index is 11.7. The standard InChI is InChI=1S/C13H18O4S/c1-13(2,3)11-7-5-4-6-10(11)8-18(16,17)9-12(14)15/h4-7H,8-9H2,1-3H3,(H,14,15). The molecule has 0 heterocycles. The zero-order valence-electron chi connectivity index (χ0n) is 10.8. The predicted octanol–water partition coefficient (Wildman–Crippen LogP) is 1.98. The first-order valence-corrected chi connectivity index (χ1v) is 7.44. The van der Waals surface area contributed by atoms with Crippen LogP contribution in [-0.2, 0) is 25.8 Å². The molecule has 0 radical (unpaired) electrons. The highest BCUT2D eigenvalue weighted by atomic mass is 32.2. The second kappa shape index (κ2) is 5.10. The summed E-state index contributed by atoms with van der Waals surface area (Å²) in [7, 11) is -3.62. The molecule has 0 aliphatic rings. The zero-order valence-corrected chi connectivity index (χ0v) is 11.6. The van der Waals surface area contributed by atoms with E-state index in [0.29, 0.717) is 5.56 Å². The molecule has 4 nitrogen and oxygen atoms in total. The van der Waals surface area contributed by atoms with Crippen LogP contribution in [-0.4, -0.2) is 25.2 Å². The van der Waals surface area contributed by atoms with E-state index in [9.17, 15) is 13.2 Å². The molecule has 0 saturated carbocycles.